The Morgan fingerprint density at radius 2 is 2.24 bits per heavy atom. The van der Waals surface area contributed by atoms with Crippen molar-refractivity contribution in [3.8, 4) is 0 Å². The number of hydrogen-bond donors (Lipinski definition) is 1. The van der Waals surface area contributed by atoms with E-state index in [0.717, 1.165) is 25.7 Å². The number of benzene rings is 1. The van der Waals surface area contributed by atoms with Crippen molar-refractivity contribution in [1.82, 2.24) is 0 Å². The average molecular weight is 258 g/mol. The largest absolute Gasteiger partial charge is 0.373 e. The molecule has 2 rings (SSSR count). The minimum Gasteiger partial charge on any atom is -0.373 e. The van der Waals surface area contributed by atoms with Gasteiger partial charge >= 0.3 is 0 Å². The first-order chi connectivity index (χ1) is 8.16. The molecule has 2 atom stereocenters. The summed E-state index contributed by atoms with van der Waals surface area (Å²) in [6.45, 7) is 0.355. The molecule has 1 fully saturated rings. The second-order valence-corrected chi connectivity index (χ2v) is 4.95. The molecule has 0 spiro atoms. The lowest BCUT2D eigenvalue weighted by Crippen LogP contribution is -2.32. The molecule has 0 amide bonds. The SMILES string of the molecule is NC1CCCC(OCc2cccc(F)c2Cl)C1. The first-order valence-electron chi connectivity index (χ1n) is 5.97. The fourth-order valence-corrected chi connectivity index (χ4v) is 2.38. The number of nitrogens with two attached hydrogens (primary N) is 1. The third kappa shape index (κ3) is 3.41. The van der Waals surface area contributed by atoms with Crippen LogP contribution in [0, 0.1) is 5.82 Å². The molecule has 94 valence electrons. The van der Waals surface area contributed by atoms with Gasteiger partial charge in [0.25, 0.3) is 0 Å². The molecule has 17 heavy (non-hydrogen) atoms. The molecule has 1 aromatic carbocycles. The van der Waals surface area contributed by atoms with Crippen molar-refractivity contribution in [1.29, 1.82) is 0 Å². The molecule has 1 saturated carbocycles. The molecule has 2 N–H and O–H groups in total. The Hall–Kier alpha value is -0.640. The Kier molecular flexibility index (Phi) is 4.37. The molecule has 1 aliphatic carbocycles. The quantitative estimate of drug-likeness (QED) is 0.902. The van der Waals surface area contributed by atoms with Crippen molar-refractivity contribution in [3.63, 3.8) is 0 Å². The highest BCUT2D eigenvalue weighted by molar-refractivity contribution is 6.31. The van der Waals surface area contributed by atoms with Crippen LogP contribution in [0.1, 0.15) is 31.2 Å². The van der Waals surface area contributed by atoms with Crippen molar-refractivity contribution < 1.29 is 9.13 Å². The summed E-state index contributed by atoms with van der Waals surface area (Å²) in [6.07, 6.45) is 4.26. The molecule has 0 bridgehead atoms. The van der Waals surface area contributed by atoms with Gasteiger partial charge in [0.1, 0.15) is 5.82 Å². The Morgan fingerprint density at radius 1 is 1.41 bits per heavy atom. The summed E-state index contributed by atoms with van der Waals surface area (Å²) in [6, 6.07) is 5.01. The van der Waals surface area contributed by atoms with Crippen LogP contribution in [0.15, 0.2) is 18.2 Å². The van der Waals surface area contributed by atoms with Gasteiger partial charge in [0.05, 0.1) is 17.7 Å². The summed E-state index contributed by atoms with van der Waals surface area (Å²) in [4.78, 5) is 0. The van der Waals surface area contributed by atoms with E-state index >= 15 is 0 Å². The average Bonchev–Trinajstić information content (AvgIpc) is 2.31. The van der Waals surface area contributed by atoms with Crippen LogP contribution in [-0.4, -0.2) is 12.1 Å². The Balaban J connectivity index is 1.91. The van der Waals surface area contributed by atoms with Gasteiger partial charge in [-0.2, -0.15) is 0 Å². The smallest absolute Gasteiger partial charge is 0.142 e. The van der Waals surface area contributed by atoms with E-state index in [-0.39, 0.29) is 17.2 Å². The third-order valence-corrected chi connectivity index (χ3v) is 3.60. The van der Waals surface area contributed by atoms with E-state index in [2.05, 4.69) is 0 Å². The van der Waals surface area contributed by atoms with Gasteiger partial charge in [-0.15, -0.1) is 0 Å². The van der Waals surface area contributed by atoms with E-state index < -0.39 is 5.82 Å². The summed E-state index contributed by atoms with van der Waals surface area (Å²) in [5.74, 6) is -0.395. The van der Waals surface area contributed by atoms with Gasteiger partial charge in [-0.3, -0.25) is 0 Å². The molecule has 2 unspecified atom stereocenters. The van der Waals surface area contributed by atoms with E-state index in [1.807, 2.05) is 0 Å². The normalized spacial score (nSPS) is 24.9. The van der Waals surface area contributed by atoms with Crippen molar-refractivity contribution in [2.24, 2.45) is 5.73 Å². The fraction of sp³-hybridized carbons (Fsp3) is 0.538. The number of halogens is 2. The van der Waals surface area contributed by atoms with Crippen LogP contribution in [0.25, 0.3) is 0 Å². The number of rotatable bonds is 3. The van der Waals surface area contributed by atoms with Gasteiger partial charge in [0.2, 0.25) is 0 Å². The lowest BCUT2D eigenvalue weighted by molar-refractivity contribution is 0.0122. The van der Waals surface area contributed by atoms with Crippen molar-refractivity contribution in [2.75, 3.05) is 0 Å². The minimum absolute atomic E-state index is 0.160. The highest BCUT2D eigenvalue weighted by atomic mass is 35.5. The van der Waals surface area contributed by atoms with Gasteiger partial charge < -0.3 is 10.5 Å². The molecule has 1 aliphatic rings. The highest BCUT2D eigenvalue weighted by Gasteiger charge is 2.20. The molecule has 0 aliphatic heterocycles. The molecule has 0 saturated heterocycles. The predicted octanol–water partition coefficient (Wildman–Crippen LogP) is 3.27. The predicted molar refractivity (Wildman–Crippen MR) is 66.4 cm³/mol. The standard InChI is InChI=1S/C13H17ClFNO/c14-13-9(3-1-6-12(13)15)8-17-11-5-2-4-10(16)7-11/h1,3,6,10-11H,2,4-5,7-8,16H2. The van der Waals surface area contributed by atoms with Crippen LogP contribution >= 0.6 is 11.6 Å². The molecule has 0 radical (unpaired) electrons. The van der Waals surface area contributed by atoms with E-state index in [9.17, 15) is 4.39 Å². The van der Waals surface area contributed by atoms with Gasteiger partial charge in [-0.1, -0.05) is 23.7 Å². The fourth-order valence-electron chi connectivity index (χ4n) is 2.20. The van der Waals surface area contributed by atoms with E-state index in [1.165, 1.54) is 6.07 Å². The van der Waals surface area contributed by atoms with E-state index in [0.29, 0.717) is 12.2 Å². The Labute approximate surface area is 106 Å². The first kappa shape index (κ1) is 12.8. The zero-order valence-corrected chi connectivity index (χ0v) is 10.4. The second-order valence-electron chi connectivity index (χ2n) is 4.57. The van der Waals surface area contributed by atoms with Gasteiger partial charge in [-0.25, -0.2) is 4.39 Å². The molecular formula is C13H17ClFNO. The Bertz CT molecular complexity index is 386. The van der Waals surface area contributed by atoms with Crippen LogP contribution in [0.5, 0.6) is 0 Å². The maximum atomic E-state index is 13.2. The van der Waals surface area contributed by atoms with Gasteiger partial charge in [0.15, 0.2) is 0 Å². The monoisotopic (exact) mass is 257 g/mol. The summed E-state index contributed by atoms with van der Waals surface area (Å²) in [7, 11) is 0. The lowest BCUT2D eigenvalue weighted by atomic mass is 9.93. The van der Waals surface area contributed by atoms with Crippen LogP contribution in [0.3, 0.4) is 0 Å². The maximum Gasteiger partial charge on any atom is 0.142 e. The lowest BCUT2D eigenvalue weighted by Gasteiger charge is -2.26. The summed E-state index contributed by atoms with van der Waals surface area (Å²) >= 11 is 5.86. The minimum atomic E-state index is -0.395. The molecular weight excluding hydrogens is 241 g/mol. The van der Waals surface area contributed by atoms with Crippen LogP contribution in [-0.2, 0) is 11.3 Å². The van der Waals surface area contributed by atoms with Crippen LogP contribution in [0.2, 0.25) is 5.02 Å². The number of hydrogen-bond acceptors (Lipinski definition) is 2. The summed E-state index contributed by atoms with van der Waals surface area (Å²) < 4.78 is 18.9. The topological polar surface area (TPSA) is 35.2 Å². The summed E-state index contributed by atoms with van der Waals surface area (Å²) in [5.41, 5.74) is 6.58. The Morgan fingerprint density at radius 3 is 3.00 bits per heavy atom. The zero-order chi connectivity index (χ0) is 12.3. The third-order valence-electron chi connectivity index (χ3n) is 3.17. The molecule has 0 heterocycles. The molecule has 0 aromatic heterocycles. The zero-order valence-electron chi connectivity index (χ0n) is 9.66. The van der Waals surface area contributed by atoms with Gasteiger partial charge in [-0.05, 0) is 37.3 Å². The molecule has 1 aromatic rings. The maximum absolute atomic E-state index is 13.2. The van der Waals surface area contributed by atoms with Crippen molar-refractivity contribution in [2.45, 2.75) is 44.4 Å². The highest BCUT2D eigenvalue weighted by Crippen LogP contribution is 2.24. The first-order valence-corrected chi connectivity index (χ1v) is 6.34. The number of ether oxygens (including phenoxy) is 1. The summed E-state index contributed by atoms with van der Waals surface area (Å²) in [5, 5.41) is 0.160. The molecule has 2 nitrogen and oxygen atoms in total. The van der Waals surface area contributed by atoms with E-state index in [1.54, 1.807) is 12.1 Å². The second kappa shape index (κ2) is 5.80. The van der Waals surface area contributed by atoms with Crippen LogP contribution in [0.4, 0.5) is 4.39 Å². The van der Waals surface area contributed by atoms with Crippen LogP contribution < -0.4 is 5.73 Å². The van der Waals surface area contributed by atoms with Gasteiger partial charge in [0, 0.05) is 6.04 Å². The van der Waals surface area contributed by atoms with Crippen molar-refractivity contribution in [3.05, 3.63) is 34.6 Å². The van der Waals surface area contributed by atoms with Crippen molar-refractivity contribution >= 4 is 11.6 Å². The molecule has 4 heteroatoms. The van der Waals surface area contributed by atoms with E-state index in [4.69, 9.17) is 22.1 Å².